The van der Waals surface area contributed by atoms with E-state index in [1.54, 1.807) is 12.1 Å². The molecule has 0 aliphatic rings. The molecule has 0 amide bonds. The molecule has 1 aromatic carbocycles. The largest absolute Gasteiger partial charge is 0.478 e. The van der Waals surface area contributed by atoms with E-state index in [0.29, 0.717) is 22.4 Å². The number of nitrogens with one attached hydrogen (secondary N) is 2. The summed E-state index contributed by atoms with van der Waals surface area (Å²) in [6, 6.07) is 4.73. The highest BCUT2D eigenvalue weighted by atomic mass is 16.4. The fourth-order valence-electron chi connectivity index (χ4n) is 2.78. The molecule has 0 radical (unpaired) electrons. The SMILES string of the molecule is CC(=O)c1c(C)[nH]c(-c2nc3ccc(C(=O)O)cc3[nH]2)c1C. The highest BCUT2D eigenvalue weighted by molar-refractivity contribution is 5.99. The Bertz CT molecular complexity index is 918. The van der Waals surface area contributed by atoms with Crippen molar-refractivity contribution in [3.63, 3.8) is 0 Å². The van der Waals surface area contributed by atoms with Gasteiger partial charge in [0.05, 0.1) is 22.3 Å². The van der Waals surface area contributed by atoms with E-state index in [-0.39, 0.29) is 11.3 Å². The van der Waals surface area contributed by atoms with E-state index >= 15 is 0 Å². The second kappa shape index (κ2) is 4.84. The van der Waals surface area contributed by atoms with E-state index in [1.807, 2.05) is 13.8 Å². The molecule has 2 aromatic heterocycles. The smallest absolute Gasteiger partial charge is 0.335 e. The second-order valence-corrected chi connectivity index (χ2v) is 5.30. The molecule has 0 aliphatic heterocycles. The summed E-state index contributed by atoms with van der Waals surface area (Å²) >= 11 is 0. The van der Waals surface area contributed by atoms with E-state index in [0.717, 1.165) is 17.0 Å². The predicted molar refractivity (Wildman–Crippen MR) is 82.3 cm³/mol. The van der Waals surface area contributed by atoms with Gasteiger partial charge >= 0.3 is 5.97 Å². The van der Waals surface area contributed by atoms with Crippen LogP contribution in [0.25, 0.3) is 22.6 Å². The molecular formula is C16H15N3O3. The number of aryl methyl sites for hydroxylation is 1. The first-order chi connectivity index (χ1) is 10.4. The molecule has 3 rings (SSSR count). The van der Waals surface area contributed by atoms with Gasteiger partial charge in [0.15, 0.2) is 11.6 Å². The van der Waals surface area contributed by atoms with Crippen LogP contribution in [0, 0.1) is 13.8 Å². The minimum Gasteiger partial charge on any atom is -0.478 e. The number of hydrogen-bond acceptors (Lipinski definition) is 3. The van der Waals surface area contributed by atoms with Crippen LogP contribution in [0.2, 0.25) is 0 Å². The summed E-state index contributed by atoms with van der Waals surface area (Å²) in [5.41, 5.74) is 4.57. The van der Waals surface area contributed by atoms with E-state index in [4.69, 9.17) is 5.11 Å². The van der Waals surface area contributed by atoms with Crippen molar-refractivity contribution in [1.29, 1.82) is 0 Å². The number of benzene rings is 1. The van der Waals surface area contributed by atoms with Crippen LogP contribution < -0.4 is 0 Å². The summed E-state index contributed by atoms with van der Waals surface area (Å²) in [6.07, 6.45) is 0. The van der Waals surface area contributed by atoms with Crippen molar-refractivity contribution in [2.75, 3.05) is 0 Å². The average molecular weight is 297 g/mol. The molecule has 112 valence electrons. The predicted octanol–water partition coefficient (Wildman–Crippen LogP) is 3.08. The fourth-order valence-corrected chi connectivity index (χ4v) is 2.78. The van der Waals surface area contributed by atoms with Crippen molar-refractivity contribution in [2.45, 2.75) is 20.8 Å². The molecule has 0 spiro atoms. The summed E-state index contributed by atoms with van der Waals surface area (Å²) in [4.78, 5) is 33.5. The lowest BCUT2D eigenvalue weighted by Gasteiger charge is -1.96. The van der Waals surface area contributed by atoms with Crippen molar-refractivity contribution >= 4 is 22.8 Å². The Morgan fingerprint density at radius 2 is 1.91 bits per heavy atom. The van der Waals surface area contributed by atoms with Gasteiger partial charge in [-0.3, -0.25) is 4.79 Å². The molecule has 3 N–H and O–H groups in total. The molecule has 0 aliphatic carbocycles. The van der Waals surface area contributed by atoms with E-state index in [2.05, 4.69) is 15.0 Å². The second-order valence-electron chi connectivity index (χ2n) is 5.30. The Balaban J connectivity index is 2.17. The number of nitrogens with zero attached hydrogens (tertiary/aromatic N) is 1. The zero-order valence-electron chi connectivity index (χ0n) is 12.4. The molecule has 6 nitrogen and oxygen atoms in total. The maximum absolute atomic E-state index is 11.7. The number of rotatable bonds is 3. The third-order valence-corrected chi connectivity index (χ3v) is 3.76. The highest BCUT2D eigenvalue weighted by Gasteiger charge is 2.18. The molecule has 0 atom stereocenters. The van der Waals surface area contributed by atoms with Crippen LogP contribution in [0.4, 0.5) is 0 Å². The molecule has 0 unspecified atom stereocenters. The number of H-pyrrole nitrogens is 2. The summed E-state index contributed by atoms with van der Waals surface area (Å²) in [7, 11) is 0. The lowest BCUT2D eigenvalue weighted by molar-refractivity contribution is 0.0696. The Hall–Kier alpha value is -2.89. The van der Waals surface area contributed by atoms with Crippen LogP contribution in [0.5, 0.6) is 0 Å². The van der Waals surface area contributed by atoms with E-state index < -0.39 is 5.97 Å². The third-order valence-electron chi connectivity index (χ3n) is 3.76. The molecule has 0 fully saturated rings. The number of carboxylic acids is 1. The van der Waals surface area contributed by atoms with Crippen molar-refractivity contribution < 1.29 is 14.7 Å². The van der Waals surface area contributed by atoms with Gasteiger partial charge in [-0.2, -0.15) is 0 Å². The molecule has 6 heteroatoms. The van der Waals surface area contributed by atoms with Crippen molar-refractivity contribution in [3.05, 3.63) is 40.6 Å². The topological polar surface area (TPSA) is 98.8 Å². The molecule has 0 bridgehead atoms. The van der Waals surface area contributed by atoms with Gasteiger partial charge < -0.3 is 15.1 Å². The van der Waals surface area contributed by atoms with E-state index in [9.17, 15) is 9.59 Å². The summed E-state index contributed by atoms with van der Waals surface area (Å²) < 4.78 is 0. The number of ketones is 1. The lowest BCUT2D eigenvalue weighted by atomic mass is 10.1. The first-order valence-corrected chi connectivity index (χ1v) is 6.82. The van der Waals surface area contributed by atoms with Gasteiger partial charge in [0.2, 0.25) is 0 Å². The standard InChI is InChI=1S/C16H15N3O3/c1-7-13(9(3)20)8(2)17-14(7)15-18-11-5-4-10(16(21)22)6-12(11)19-15/h4-6,17H,1-3H3,(H,18,19)(H,21,22). The number of imidazole rings is 1. The van der Waals surface area contributed by atoms with Crippen LogP contribution >= 0.6 is 0 Å². The van der Waals surface area contributed by atoms with Crippen LogP contribution in [-0.4, -0.2) is 31.8 Å². The molecular weight excluding hydrogens is 282 g/mol. The number of Topliss-reactive ketones (excluding diaryl/α,β-unsaturated/α-hetero) is 1. The van der Waals surface area contributed by atoms with Gasteiger partial charge in [-0.05, 0) is 44.5 Å². The van der Waals surface area contributed by atoms with Gasteiger partial charge in [-0.25, -0.2) is 9.78 Å². The summed E-state index contributed by atoms with van der Waals surface area (Å²) in [6.45, 7) is 5.24. The Labute approximate surface area is 126 Å². The zero-order valence-corrected chi connectivity index (χ0v) is 12.4. The number of carboxylic acid groups (broad SMARTS) is 1. The number of aromatic carboxylic acids is 1. The highest BCUT2D eigenvalue weighted by Crippen LogP contribution is 2.27. The summed E-state index contributed by atoms with van der Waals surface area (Å²) in [5, 5.41) is 9.04. The third kappa shape index (κ3) is 2.09. The average Bonchev–Trinajstić information content (AvgIpc) is 2.98. The normalized spacial score (nSPS) is 11.0. The van der Waals surface area contributed by atoms with Crippen LogP contribution in [-0.2, 0) is 0 Å². The monoisotopic (exact) mass is 297 g/mol. The van der Waals surface area contributed by atoms with Crippen LogP contribution in [0.15, 0.2) is 18.2 Å². The molecule has 3 aromatic rings. The number of hydrogen-bond donors (Lipinski definition) is 3. The summed E-state index contributed by atoms with van der Waals surface area (Å²) in [5.74, 6) is -0.392. The maximum Gasteiger partial charge on any atom is 0.335 e. The van der Waals surface area contributed by atoms with Gasteiger partial charge in [0.1, 0.15) is 0 Å². The quantitative estimate of drug-likeness (QED) is 0.647. The number of fused-ring (bicyclic) bond motifs is 1. The van der Waals surface area contributed by atoms with Crippen molar-refractivity contribution in [1.82, 2.24) is 15.0 Å². The van der Waals surface area contributed by atoms with Crippen LogP contribution in [0.1, 0.15) is 38.9 Å². The van der Waals surface area contributed by atoms with Gasteiger partial charge in [0.25, 0.3) is 0 Å². The minimum absolute atomic E-state index is 0.00164. The first kappa shape index (κ1) is 14.1. The number of carbonyl (C=O) groups is 2. The van der Waals surface area contributed by atoms with Crippen molar-refractivity contribution in [2.24, 2.45) is 0 Å². The number of aromatic amines is 2. The van der Waals surface area contributed by atoms with Crippen LogP contribution in [0.3, 0.4) is 0 Å². The number of carbonyl (C=O) groups excluding carboxylic acids is 1. The fraction of sp³-hybridized carbons (Fsp3) is 0.188. The molecule has 2 heterocycles. The van der Waals surface area contributed by atoms with Gasteiger partial charge in [-0.1, -0.05) is 0 Å². The first-order valence-electron chi connectivity index (χ1n) is 6.82. The maximum atomic E-state index is 11.7. The molecule has 22 heavy (non-hydrogen) atoms. The lowest BCUT2D eigenvalue weighted by Crippen LogP contribution is -1.95. The number of aromatic nitrogens is 3. The Morgan fingerprint density at radius 3 is 2.50 bits per heavy atom. The van der Waals surface area contributed by atoms with Crippen molar-refractivity contribution in [3.8, 4) is 11.5 Å². The van der Waals surface area contributed by atoms with Gasteiger partial charge in [0, 0.05) is 11.3 Å². The Morgan fingerprint density at radius 1 is 1.18 bits per heavy atom. The van der Waals surface area contributed by atoms with Gasteiger partial charge in [-0.15, -0.1) is 0 Å². The minimum atomic E-state index is -0.983. The zero-order chi connectivity index (χ0) is 16.0. The van der Waals surface area contributed by atoms with E-state index in [1.165, 1.54) is 13.0 Å². The molecule has 0 saturated carbocycles. The molecule has 0 saturated heterocycles. The Kier molecular flexibility index (Phi) is 3.09.